The van der Waals surface area contributed by atoms with E-state index in [1.807, 2.05) is 19.1 Å². The van der Waals surface area contributed by atoms with E-state index in [1.54, 1.807) is 18.4 Å². The van der Waals surface area contributed by atoms with Gasteiger partial charge in [0, 0.05) is 19.0 Å². The zero-order chi connectivity index (χ0) is 16.7. The molecule has 0 fully saturated rings. The van der Waals surface area contributed by atoms with Crippen molar-refractivity contribution in [2.75, 3.05) is 0 Å². The first-order valence-corrected chi connectivity index (χ1v) is 7.43. The molecule has 2 amide bonds. The average molecular weight is 316 g/mol. The van der Waals surface area contributed by atoms with Crippen LogP contribution >= 0.6 is 0 Å². The normalized spacial score (nSPS) is 11.7. The number of hydrogen-bond donors (Lipinski definition) is 3. The summed E-state index contributed by atoms with van der Waals surface area (Å²) in [6.07, 6.45) is 3.19. The molecule has 0 aliphatic carbocycles. The molecule has 1 unspecified atom stereocenters. The van der Waals surface area contributed by atoms with Gasteiger partial charge in [0.15, 0.2) is 0 Å². The second-order valence-corrected chi connectivity index (χ2v) is 5.35. The molecule has 1 aromatic carbocycles. The van der Waals surface area contributed by atoms with Crippen molar-refractivity contribution in [1.29, 1.82) is 0 Å². The molecular weight excluding hydrogens is 296 g/mol. The molecule has 0 saturated heterocycles. The molecule has 2 aromatic rings. The lowest BCUT2D eigenvalue weighted by Crippen LogP contribution is -2.40. The molecule has 0 radical (unpaired) electrons. The lowest BCUT2D eigenvalue weighted by molar-refractivity contribution is 0.0697. The Morgan fingerprint density at radius 2 is 1.96 bits per heavy atom. The van der Waals surface area contributed by atoms with E-state index >= 15 is 0 Å². The maximum absolute atomic E-state index is 11.8. The molecule has 1 aromatic heterocycles. The Hall–Kier alpha value is -2.76. The van der Waals surface area contributed by atoms with Gasteiger partial charge in [-0.05, 0) is 43.2 Å². The van der Waals surface area contributed by atoms with Gasteiger partial charge in [0.2, 0.25) is 0 Å². The number of aryl methyl sites for hydroxylation is 1. The number of nitrogens with one attached hydrogen (secondary N) is 2. The SMILES string of the molecule is CC(CCc1ccco1)NC(=O)NCc1ccc(C(=O)O)cc1. The Morgan fingerprint density at radius 3 is 2.57 bits per heavy atom. The highest BCUT2D eigenvalue weighted by Crippen LogP contribution is 2.06. The van der Waals surface area contributed by atoms with Crippen LogP contribution in [0.5, 0.6) is 0 Å². The number of rotatable bonds is 7. The summed E-state index contributed by atoms with van der Waals surface area (Å²) < 4.78 is 5.25. The maximum Gasteiger partial charge on any atom is 0.335 e. The van der Waals surface area contributed by atoms with E-state index in [0.717, 1.165) is 24.2 Å². The summed E-state index contributed by atoms with van der Waals surface area (Å²) in [7, 11) is 0. The van der Waals surface area contributed by atoms with E-state index in [-0.39, 0.29) is 17.6 Å². The highest BCUT2D eigenvalue weighted by Gasteiger charge is 2.08. The van der Waals surface area contributed by atoms with Crippen molar-refractivity contribution in [3.8, 4) is 0 Å². The number of hydrogen-bond acceptors (Lipinski definition) is 3. The van der Waals surface area contributed by atoms with E-state index in [0.29, 0.717) is 6.54 Å². The zero-order valence-corrected chi connectivity index (χ0v) is 12.9. The van der Waals surface area contributed by atoms with Crippen LogP contribution in [0.2, 0.25) is 0 Å². The minimum Gasteiger partial charge on any atom is -0.478 e. The second kappa shape index (κ2) is 8.03. The van der Waals surface area contributed by atoms with E-state index < -0.39 is 5.97 Å². The molecule has 3 N–H and O–H groups in total. The van der Waals surface area contributed by atoms with Gasteiger partial charge in [-0.2, -0.15) is 0 Å². The highest BCUT2D eigenvalue weighted by atomic mass is 16.4. The molecule has 0 bridgehead atoms. The minimum absolute atomic E-state index is 0.0227. The molecule has 0 aliphatic rings. The molecule has 1 atom stereocenters. The van der Waals surface area contributed by atoms with Crippen LogP contribution in [0, 0.1) is 0 Å². The quantitative estimate of drug-likeness (QED) is 0.732. The van der Waals surface area contributed by atoms with E-state index in [9.17, 15) is 9.59 Å². The van der Waals surface area contributed by atoms with Crippen molar-refractivity contribution in [3.05, 3.63) is 59.5 Å². The van der Waals surface area contributed by atoms with E-state index in [2.05, 4.69) is 10.6 Å². The Bertz CT molecular complexity index is 635. The second-order valence-electron chi connectivity index (χ2n) is 5.35. The topological polar surface area (TPSA) is 91.6 Å². The minimum atomic E-state index is -0.965. The summed E-state index contributed by atoms with van der Waals surface area (Å²) in [6.45, 7) is 2.28. The molecule has 1 heterocycles. The number of urea groups is 1. The predicted molar refractivity (Wildman–Crippen MR) is 85.3 cm³/mol. The van der Waals surface area contributed by atoms with Crippen LogP contribution in [0.3, 0.4) is 0 Å². The zero-order valence-electron chi connectivity index (χ0n) is 12.9. The molecule has 0 aliphatic heterocycles. The van der Waals surface area contributed by atoms with Gasteiger partial charge in [0.25, 0.3) is 0 Å². The monoisotopic (exact) mass is 316 g/mol. The fourth-order valence-electron chi connectivity index (χ4n) is 2.11. The van der Waals surface area contributed by atoms with Crippen molar-refractivity contribution in [1.82, 2.24) is 10.6 Å². The molecule has 0 saturated carbocycles. The summed E-state index contributed by atoms with van der Waals surface area (Å²) in [6, 6.07) is 9.93. The Balaban J connectivity index is 1.70. The van der Waals surface area contributed by atoms with Crippen molar-refractivity contribution in [3.63, 3.8) is 0 Å². The van der Waals surface area contributed by atoms with Crippen molar-refractivity contribution < 1.29 is 19.1 Å². The maximum atomic E-state index is 11.8. The van der Waals surface area contributed by atoms with Crippen LogP contribution in [0.25, 0.3) is 0 Å². The van der Waals surface area contributed by atoms with Gasteiger partial charge in [-0.1, -0.05) is 12.1 Å². The smallest absolute Gasteiger partial charge is 0.335 e. The number of aromatic carboxylic acids is 1. The van der Waals surface area contributed by atoms with E-state index in [1.165, 1.54) is 12.1 Å². The van der Waals surface area contributed by atoms with Gasteiger partial charge in [-0.15, -0.1) is 0 Å². The first kappa shape index (κ1) is 16.6. The lowest BCUT2D eigenvalue weighted by atomic mass is 10.1. The van der Waals surface area contributed by atoms with Crippen molar-refractivity contribution >= 4 is 12.0 Å². The van der Waals surface area contributed by atoms with Crippen LogP contribution in [-0.4, -0.2) is 23.1 Å². The molecule has 6 nitrogen and oxygen atoms in total. The first-order chi connectivity index (χ1) is 11.0. The number of furan rings is 1. The summed E-state index contributed by atoms with van der Waals surface area (Å²) in [4.78, 5) is 22.6. The van der Waals surface area contributed by atoms with Crippen LogP contribution in [0.1, 0.15) is 35.0 Å². The van der Waals surface area contributed by atoms with Crippen LogP contribution in [0.4, 0.5) is 4.79 Å². The third-order valence-corrected chi connectivity index (χ3v) is 3.44. The van der Waals surface area contributed by atoms with Gasteiger partial charge in [0.05, 0.1) is 11.8 Å². The molecule has 23 heavy (non-hydrogen) atoms. The molecular formula is C17H20N2O4. The standard InChI is InChI=1S/C17H20N2O4/c1-12(4-9-15-3-2-10-23-15)19-17(22)18-11-13-5-7-14(8-6-13)16(20)21/h2-3,5-8,10,12H,4,9,11H2,1H3,(H,20,21)(H2,18,19,22). The Morgan fingerprint density at radius 1 is 1.22 bits per heavy atom. The molecule has 2 rings (SSSR count). The average Bonchev–Trinajstić information content (AvgIpc) is 3.05. The number of carboxylic acid groups (broad SMARTS) is 1. The third kappa shape index (κ3) is 5.50. The highest BCUT2D eigenvalue weighted by molar-refractivity contribution is 5.87. The molecule has 6 heteroatoms. The lowest BCUT2D eigenvalue weighted by Gasteiger charge is -2.14. The fraction of sp³-hybridized carbons (Fsp3) is 0.294. The summed E-state index contributed by atoms with van der Waals surface area (Å²) in [5, 5.41) is 14.4. The number of amides is 2. The summed E-state index contributed by atoms with van der Waals surface area (Å²) >= 11 is 0. The molecule has 0 spiro atoms. The first-order valence-electron chi connectivity index (χ1n) is 7.43. The number of carboxylic acids is 1. The van der Waals surface area contributed by atoms with Gasteiger partial charge in [-0.3, -0.25) is 0 Å². The van der Waals surface area contributed by atoms with Crippen LogP contribution < -0.4 is 10.6 Å². The number of carbonyl (C=O) groups excluding carboxylic acids is 1. The summed E-state index contributed by atoms with van der Waals surface area (Å²) in [5.41, 5.74) is 1.07. The fourth-order valence-corrected chi connectivity index (χ4v) is 2.11. The molecule has 122 valence electrons. The van der Waals surface area contributed by atoms with Crippen LogP contribution in [-0.2, 0) is 13.0 Å². The van der Waals surface area contributed by atoms with Crippen molar-refractivity contribution in [2.24, 2.45) is 0 Å². The van der Waals surface area contributed by atoms with Crippen LogP contribution in [0.15, 0.2) is 47.1 Å². The predicted octanol–water partition coefficient (Wildman–Crippen LogP) is 2.80. The number of carbonyl (C=O) groups is 2. The van der Waals surface area contributed by atoms with Gasteiger partial charge < -0.3 is 20.2 Å². The van der Waals surface area contributed by atoms with Gasteiger partial charge >= 0.3 is 12.0 Å². The largest absolute Gasteiger partial charge is 0.478 e. The number of benzene rings is 1. The van der Waals surface area contributed by atoms with Gasteiger partial charge in [0.1, 0.15) is 5.76 Å². The Kier molecular flexibility index (Phi) is 5.80. The van der Waals surface area contributed by atoms with E-state index in [4.69, 9.17) is 9.52 Å². The van der Waals surface area contributed by atoms with Gasteiger partial charge in [-0.25, -0.2) is 9.59 Å². The third-order valence-electron chi connectivity index (χ3n) is 3.44. The van der Waals surface area contributed by atoms with Crippen molar-refractivity contribution in [2.45, 2.75) is 32.4 Å². The Labute approximate surface area is 134 Å². The summed E-state index contributed by atoms with van der Waals surface area (Å²) in [5.74, 6) is -0.0646.